The number of rotatable bonds is 6. The van der Waals surface area contributed by atoms with Crippen LogP contribution in [0.3, 0.4) is 0 Å². The predicted octanol–water partition coefficient (Wildman–Crippen LogP) is 2.31. The van der Waals surface area contributed by atoms with Gasteiger partial charge < -0.3 is 23.9 Å². The van der Waals surface area contributed by atoms with Gasteiger partial charge in [0.15, 0.2) is 17.9 Å². The Morgan fingerprint density at radius 1 is 1.11 bits per heavy atom. The number of hydrogen-bond donors (Lipinski definition) is 1. The molecule has 1 heterocycles. The highest BCUT2D eigenvalue weighted by molar-refractivity contribution is 5.62. The van der Waals surface area contributed by atoms with E-state index in [1.54, 1.807) is 27.5 Å². The van der Waals surface area contributed by atoms with Crippen molar-refractivity contribution in [3.05, 3.63) is 30.5 Å². The molecule has 0 spiro atoms. The lowest BCUT2D eigenvalue weighted by Gasteiger charge is -2.14. The smallest absolute Gasteiger partial charge is 0.203 e. The van der Waals surface area contributed by atoms with Crippen LogP contribution in [0.15, 0.2) is 29.1 Å². The Morgan fingerprint density at radius 2 is 1.79 bits per heavy atom. The van der Waals surface area contributed by atoms with Crippen molar-refractivity contribution in [3.63, 3.8) is 0 Å². The van der Waals surface area contributed by atoms with Crippen molar-refractivity contribution in [3.8, 4) is 17.2 Å². The molecule has 2 aromatic rings. The second-order valence-electron chi connectivity index (χ2n) is 3.74. The molecule has 2 rings (SSSR count). The summed E-state index contributed by atoms with van der Waals surface area (Å²) in [6.45, 7) is 0.526. The number of nitrogens with one attached hydrogen (secondary N) is 1. The summed E-state index contributed by atoms with van der Waals surface area (Å²) in [4.78, 5) is 3.85. The lowest BCUT2D eigenvalue weighted by molar-refractivity contribution is 0.324. The van der Waals surface area contributed by atoms with Gasteiger partial charge in [0.05, 0.1) is 34.1 Å². The Labute approximate surface area is 111 Å². The molecule has 1 N–H and O–H groups in total. The fourth-order valence-electron chi connectivity index (χ4n) is 1.70. The molecule has 6 nitrogen and oxygen atoms in total. The summed E-state index contributed by atoms with van der Waals surface area (Å²) in [5, 5.41) is 3.20. The normalized spacial score (nSPS) is 10.1. The molecule has 0 aliphatic carbocycles. The van der Waals surface area contributed by atoms with E-state index in [0.29, 0.717) is 23.8 Å². The third kappa shape index (κ3) is 2.90. The molecular weight excluding hydrogens is 248 g/mol. The average Bonchev–Trinajstić information content (AvgIpc) is 2.97. The van der Waals surface area contributed by atoms with E-state index < -0.39 is 0 Å². The van der Waals surface area contributed by atoms with E-state index in [-0.39, 0.29) is 0 Å². The van der Waals surface area contributed by atoms with Crippen LogP contribution >= 0.6 is 0 Å². The van der Waals surface area contributed by atoms with Crippen molar-refractivity contribution in [2.24, 2.45) is 0 Å². The first-order chi connectivity index (χ1) is 9.28. The lowest BCUT2D eigenvalue weighted by atomic mass is 10.2. The zero-order valence-corrected chi connectivity index (χ0v) is 11.1. The van der Waals surface area contributed by atoms with E-state index in [2.05, 4.69) is 10.3 Å². The summed E-state index contributed by atoms with van der Waals surface area (Å²) < 4.78 is 21.0. The number of aromatic nitrogens is 1. The number of hydrogen-bond acceptors (Lipinski definition) is 6. The van der Waals surface area contributed by atoms with Gasteiger partial charge in [0.2, 0.25) is 5.75 Å². The standard InChI is InChI=1S/C13H16N2O4/c1-16-11-4-9(5-12(17-2)13(11)18-3)15-7-10-6-14-8-19-10/h4-6,8,15H,7H2,1-3H3. The van der Waals surface area contributed by atoms with Crippen molar-refractivity contribution in [2.45, 2.75) is 6.54 Å². The molecule has 0 aliphatic heterocycles. The minimum atomic E-state index is 0.526. The average molecular weight is 264 g/mol. The van der Waals surface area contributed by atoms with Gasteiger partial charge >= 0.3 is 0 Å². The van der Waals surface area contributed by atoms with Gasteiger partial charge in [0, 0.05) is 17.8 Å². The van der Waals surface area contributed by atoms with E-state index in [1.165, 1.54) is 6.39 Å². The second kappa shape index (κ2) is 5.99. The maximum atomic E-state index is 5.28. The maximum Gasteiger partial charge on any atom is 0.203 e. The molecule has 1 aromatic carbocycles. The van der Waals surface area contributed by atoms with Crippen molar-refractivity contribution >= 4 is 5.69 Å². The first-order valence-corrected chi connectivity index (χ1v) is 5.69. The van der Waals surface area contributed by atoms with E-state index in [1.807, 2.05) is 12.1 Å². The summed E-state index contributed by atoms with van der Waals surface area (Å²) in [5.74, 6) is 2.51. The van der Waals surface area contributed by atoms with Crippen molar-refractivity contribution in [1.29, 1.82) is 0 Å². The number of oxazole rings is 1. The SMILES string of the molecule is COc1cc(NCc2cnco2)cc(OC)c1OC. The van der Waals surface area contributed by atoms with Gasteiger partial charge in [-0.15, -0.1) is 0 Å². The molecule has 0 amide bonds. The maximum absolute atomic E-state index is 5.28. The molecule has 0 saturated carbocycles. The van der Waals surface area contributed by atoms with E-state index >= 15 is 0 Å². The molecule has 0 atom stereocenters. The van der Waals surface area contributed by atoms with Crippen molar-refractivity contribution in [1.82, 2.24) is 4.98 Å². The molecule has 0 saturated heterocycles. The highest BCUT2D eigenvalue weighted by Gasteiger charge is 2.13. The molecule has 0 unspecified atom stereocenters. The van der Waals surface area contributed by atoms with Crippen LogP contribution in [0, 0.1) is 0 Å². The number of ether oxygens (including phenoxy) is 3. The number of methoxy groups -OCH3 is 3. The van der Waals surface area contributed by atoms with Crippen LogP contribution in [0.2, 0.25) is 0 Å². The van der Waals surface area contributed by atoms with Crippen molar-refractivity contribution < 1.29 is 18.6 Å². The topological polar surface area (TPSA) is 65.8 Å². The van der Waals surface area contributed by atoms with Crippen LogP contribution in [-0.4, -0.2) is 26.3 Å². The zero-order valence-electron chi connectivity index (χ0n) is 11.1. The third-order valence-corrected chi connectivity index (χ3v) is 2.61. The molecule has 0 bridgehead atoms. The van der Waals surface area contributed by atoms with Gasteiger partial charge in [0.1, 0.15) is 5.76 Å². The number of nitrogens with zero attached hydrogens (tertiary/aromatic N) is 1. The Bertz CT molecular complexity index is 500. The van der Waals surface area contributed by atoms with E-state index in [9.17, 15) is 0 Å². The van der Waals surface area contributed by atoms with Crippen LogP contribution in [0.4, 0.5) is 5.69 Å². The summed E-state index contributed by atoms with van der Waals surface area (Å²) in [6, 6.07) is 3.66. The zero-order chi connectivity index (χ0) is 13.7. The molecule has 1 aromatic heterocycles. The van der Waals surface area contributed by atoms with Crippen LogP contribution in [0.1, 0.15) is 5.76 Å². The highest BCUT2D eigenvalue weighted by atomic mass is 16.5. The van der Waals surface area contributed by atoms with Gasteiger partial charge in [0.25, 0.3) is 0 Å². The van der Waals surface area contributed by atoms with Crippen LogP contribution in [0.25, 0.3) is 0 Å². The van der Waals surface area contributed by atoms with Crippen LogP contribution in [-0.2, 0) is 6.54 Å². The largest absolute Gasteiger partial charge is 0.493 e. The van der Waals surface area contributed by atoms with Crippen LogP contribution < -0.4 is 19.5 Å². The Morgan fingerprint density at radius 3 is 2.26 bits per heavy atom. The quantitative estimate of drug-likeness (QED) is 0.863. The second-order valence-corrected chi connectivity index (χ2v) is 3.74. The fraction of sp³-hybridized carbons (Fsp3) is 0.308. The summed E-state index contributed by atoms with van der Waals surface area (Å²) in [7, 11) is 4.73. The summed E-state index contributed by atoms with van der Waals surface area (Å²) >= 11 is 0. The van der Waals surface area contributed by atoms with E-state index in [0.717, 1.165) is 11.4 Å². The molecule has 19 heavy (non-hydrogen) atoms. The molecule has 0 radical (unpaired) electrons. The minimum Gasteiger partial charge on any atom is -0.493 e. The third-order valence-electron chi connectivity index (χ3n) is 2.61. The highest BCUT2D eigenvalue weighted by Crippen LogP contribution is 2.39. The fourth-order valence-corrected chi connectivity index (χ4v) is 1.70. The van der Waals surface area contributed by atoms with Gasteiger partial charge in [-0.1, -0.05) is 0 Å². The van der Waals surface area contributed by atoms with Gasteiger partial charge in [-0.2, -0.15) is 0 Å². The Hall–Kier alpha value is -2.37. The first kappa shape index (κ1) is 13.1. The summed E-state index contributed by atoms with van der Waals surface area (Å²) in [5.41, 5.74) is 0.839. The van der Waals surface area contributed by atoms with Gasteiger partial charge in [-0.05, 0) is 0 Å². The lowest BCUT2D eigenvalue weighted by Crippen LogP contribution is -2.01. The molecule has 0 fully saturated rings. The van der Waals surface area contributed by atoms with Crippen LogP contribution in [0.5, 0.6) is 17.2 Å². The summed E-state index contributed by atoms with van der Waals surface area (Å²) in [6.07, 6.45) is 3.05. The van der Waals surface area contributed by atoms with Gasteiger partial charge in [-0.3, -0.25) is 0 Å². The minimum absolute atomic E-state index is 0.526. The predicted molar refractivity (Wildman–Crippen MR) is 69.9 cm³/mol. The number of benzene rings is 1. The molecule has 6 heteroatoms. The molecule has 102 valence electrons. The first-order valence-electron chi connectivity index (χ1n) is 5.69. The van der Waals surface area contributed by atoms with Gasteiger partial charge in [-0.25, -0.2) is 4.98 Å². The van der Waals surface area contributed by atoms with E-state index in [4.69, 9.17) is 18.6 Å². The Balaban J connectivity index is 2.20. The molecule has 0 aliphatic rings. The van der Waals surface area contributed by atoms with Crippen molar-refractivity contribution in [2.75, 3.05) is 26.6 Å². The monoisotopic (exact) mass is 264 g/mol. The molecular formula is C13H16N2O4. The number of anilines is 1. The Kier molecular flexibility index (Phi) is 4.12.